The molecule has 1 aromatic heterocycles. The summed E-state index contributed by atoms with van der Waals surface area (Å²) in [5, 5.41) is 15.4. The molecule has 0 aliphatic heterocycles. The van der Waals surface area contributed by atoms with Crippen LogP contribution in [-0.4, -0.2) is 30.8 Å². The van der Waals surface area contributed by atoms with E-state index in [1.807, 2.05) is 0 Å². The summed E-state index contributed by atoms with van der Waals surface area (Å²) in [5.41, 5.74) is -0.370. The summed E-state index contributed by atoms with van der Waals surface area (Å²) < 4.78 is 6.98. The third kappa shape index (κ3) is 2.89. The lowest BCUT2D eigenvalue weighted by Crippen LogP contribution is -2.32. The molecule has 0 N–H and O–H groups in total. The zero-order valence-corrected chi connectivity index (χ0v) is 13.0. The molecule has 0 aliphatic rings. The van der Waals surface area contributed by atoms with Gasteiger partial charge in [0.2, 0.25) is 0 Å². The number of halogens is 1. The number of aromatic nitrogens is 2. The van der Waals surface area contributed by atoms with Gasteiger partial charge in [-0.2, -0.15) is 9.78 Å². The largest absolute Gasteiger partial charge is 0.441 e. The fraction of sp³-hybridized carbons (Fsp3) is 0.333. The number of hydrogen-bond donors (Lipinski definition) is 0. The van der Waals surface area contributed by atoms with Crippen LogP contribution in [0.25, 0.3) is 10.9 Å². The Balaban J connectivity index is 2.42. The molecule has 0 amide bonds. The van der Waals surface area contributed by atoms with Gasteiger partial charge in [-0.3, -0.25) is 10.1 Å². The average Bonchev–Trinajstić information content (AvgIpc) is 2.80. The first-order chi connectivity index (χ1) is 9.34. The first-order valence-corrected chi connectivity index (χ1v) is 7.28. The Kier molecular flexibility index (Phi) is 3.93. The molecule has 0 saturated carbocycles. The molecule has 0 unspecified atom stereocenters. The standard InChI is InChI=1S/C12H12IN3O4/c1-12(2,7-13)20-11(17)15-10-5-9(16(18)19)4-3-8(10)6-14-15/h3-6H,7H2,1-2H3. The molecule has 0 spiro atoms. The maximum absolute atomic E-state index is 12.1. The molecule has 2 rings (SSSR count). The number of alkyl halides is 1. The second-order valence-electron chi connectivity index (χ2n) is 4.82. The Morgan fingerprint density at radius 2 is 2.25 bits per heavy atom. The quantitative estimate of drug-likeness (QED) is 0.348. The molecule has 0 bridgehead atoms. The Hall–Kier alpha value is -1.71. The second-order valence-corrected chi connectivity index (χ2v) is 5.58. The highest BCUT2D eigenvalue weighted by atomic mass is 127. The van der Waals surface area contributed by atoms with Crippen LogP contribution in [-0.2, 0) is 4.74 Å². The van der Waals surface area contributed by atoms with Gasteiger partial charge in [0.25, 0.3) is 5.69 Å². The number of nitro benzene ring substituents is 1. The summed E-state index contributed by atoms with van der Waals surface area (Å²) in [5.74, 6) is 0. The molecule has 0 fully saturated rings. The van der Waals surface area contributed by atoms with E-state index in [-0.39, 0.29) is 5.69 Å². The third-order valence-corrected chi connectivity index (χ3v) is 4.46. The Labute approximate surface area is 128 Å². The van der Waals surface area contributed by atoms with E-state index in [0.717, 1.165) is 4.68 Å². The van der Waals surface area contributed by atoms with E-state index in [4.69, 9.17) is 4.74 Å². The smallest absolute Gasteiger partial charge is 0.435 e. The minimum Gasteiger partial charge on any atom is -0.441 e. The second kappa shape index (κ2) is 5.35. The first-order valence-electron chi connectivity index (χ1n) is 5.75. The number of nitro groups is 1. The van der Waals surface area contributed by atoms with Crippen LogP contribution in [0.4, 0.5) is 10.5 Å². The van der Waals surface area contributed by atoms with E-state index >= 15 is 0 Å². The lowest BCUT2D eigenvalue weighted by atomic mass is 10.2. The fourth-order valence-corrected chi connectivity index (χ4v) is 1.73. The monoisotopic (exact) mass is 389 g/mol. The molecular formula is C12H12IN3O4. The van der Waals surface area contributed by atoms with Crippen molar-refractivity contribution in [2.45, 2.75) is 19.4 Å². The van der Waals surface area contributed by atoms with Crippen LogP contribution in [0.3, 0.4) is 0 Å². The summed E-state index contributed by atoms with van der Waals surface area (Å²) in [6, 6.07) is 4.23. The fourth-order valence-electron chi connectivity index (χ4n) is 1.57. The zero-order chi connectivity index (χ0) is 14.9. The van der Waals surface area contributed by atoms with Crippen molar-refractivity contribution in [3.05, 3.63) is 34.5 Å². The lowest BCUT2D eigenvalue weighted by Gasteiger charge is -2.22. The Morgan fingerprint density at radius 3 is 2.85 bits per heavy atom. The maximum Gasteiger partial charge on any atom is 0.435 e. The molecule has 7 nitrogen and oxygen atoms in total. The molecular weight excluding hydrogens is 377 g/mol. The van der Waals surface area contributed by atoms with E-state index in [1.54, 1.807) is 19.9 Å². The summed E-state index contributed by atoms with van der Waals surface area (Å²) in [6.45, 7) is 3.57. The van der Waals surface area contributed by atoms with Gasteiger partial charge in [0, 0.05) is 21.9 Å². The Morgan fingerprint density at radius 1 is 1.55 bits per heavy atom. The molecule has 20 heavy (non-hydrogen) atoms. The molecule has 2 aromatic rings. The van der Waals surface area contributed by atoms with Gasteiger partial charge in [0.15, 0.2) is 0 Å². The van der Waals surface area contributed by atoms with Crippen LogP contribution in [0.5, 0.6) is 0 Å². The highest BCUT2D eigenvalue weighted by Gasteiger charge is 2.24. The van der Waals surface area contributed by atoms with E-state index in [0.29, 0.717) is 15.3 Å². The van der Waals surface area contributed by atoms with E-state index in [2.05, 4.69) is 27.7 Å². The number of ether oxygens (including phenoxy) is 1. The van der Waals surface area contributed by atoms with E-state index in [9.17, 15) is 14.9 Å². The predicted molar refractivity (Wildman–Crippen MR) is 81.2 cm³/mol. The number of benzene rings is 1. The molecule has 106 valence electrons. The van der Waals surface area contributed by atoms with Crippen LogP contribution < -0.4 is 0 Å². The summed E-state index contributed by atoms with van der Waals surface area (Å²) >= 11 is 2.12. The summed E-state index contributed by atoms with van der Waals surface area (Å²) in [4.78, 5) is 22.3. The van der Waals surface area contributed by atoms with Crippen molar-refractivity contribution < 1.29 is 14.5 Å². The highest BCUT2D eigenvalue weighted by molar-refractivity contribution is 14.1. The van der Waals surface area contributed by atoms with Crippen molar-refractivity contribution in [1.29, 1.82) is 0 Å². The van der Waals surface area contributed by atoms with Crippen LogP contribution in [0, 0.1) is 10.1 Å². The molecule has 8 heteroatoms. The molecule has 1 heterocycles. The number of rotatable bonds is 3. The van der Waals surface area contributed by atoms with Crippen molar-refractivity contribution in [3.63, 3.8) is 0 Å². The van der Waals surface area contributed by atoms with Crippen LogP contribution in [0.2, 0.25) is 0 Å². The zero-order valence-electron chi connectivity index (χ0n) is 10.9. The van der Waals surface area contributed by atoms with E-state index < -0.39 is 16.6 Å². The topological polar surface area (TPSA) is 87.3 Å². The van der Waals surface area contributed by atoms with Crippen molar-refractivity contribution in [2.75, 3.05) is 4.43 Å². The van der Waals surface area contributed by atoms with Gasteiger partial charge < -0.3 is 4.74 Å². The van der Waals surface area contributed by atoms with Gasteiger partial charge in [-0.15, -0.1) is 0 Å². The van der Waals surface area contributed by atoms with Crippen LogP contribution >= 0.6 is 22.6 Å². The predicted octanol–water partition coefficient (Wildman–Crippen LogP) is 3.14. The van der Waals surface area contributed by atoms with Crippen molar-refractivity contribution in [2.24, 2.45) is 0 Å². The maximum atomic E-state index is 12.1. The van der Waals surface area contributed by atoms with Gasteiger partial charge in [-0.1, -0.05) is 22.6 Å². The highest BCUT2D eigenvalue weighted by Crippen LogP contribution is 2.22. The van der Waals surface area contributed by atoms with Crippen LogP contribution in [0.1, 0.15) is 13.8 Å². The molecule has 0 radical (unpaired) electrons. The summed E-state index contributed by atoms with van der Waals surface area (Å²) in [6.07, 6.45) is 0.819. The number of carbonyl (C=O) groups excluding carboxylic acids is 1. The minimum atomic E-state index is -0.651. The van der Waals surface area contributed by atoms with E-state index in [1.165, 1.54) is 18.3 Å². The number of hydrogen-bond acceptors (Lipinski definition) is 5. The lowest BCUT2D eigenvalue weighted by molar-refractivity contribution is -0.384. The number of non-ortho nitro benzene ring substituents is 1. The van der Waals surface area contributed by atoms with Gasteiger partial charge in [0.05, 0.1) is 16.6 Å². The van der Waals surface area contributed by atoms with Gasteiger partial charge in [-0.05, 0) is 19.9 Å². The number of nitrogens with zero attached hydrogens (tertiary/aromatic N) is 3. The van der Waals surface area contributed by atoms with Crippen molar-refractivity contribution in [3.8, 4) is 0 Å². The molecule has 0 aliphatic carbocycles. The average molecular weight is 389 g/mol. The van der Waals surface area contributed by atoms with Crippen molar-refractivity contribution >= 4 is 45.3 Å². The SMILES string of the molecule is CC(C)(CI)OC(=O)n1ncc2ccc([N+](=O)[O-])cc21. The normalized spacial score (nSPS) is 11.6. The third-order valence-electron chi connectivity index (χ3n) is 2.62. The number of fused-ring (bicyclic) bond motifs is 1. The van der Waals surface area contributed by atoms with Crippen molar-refractivity contribution in [1.82, 2.24) is 9.78 Å². The number of carbonyl (C=O) groups is 1. The van der Waals surface area contributed by atoms with Gasteiger partial charge in [0.1, 0.15) is 5.60 Å². The molecule has 0 saturated heterocycles. The minimum absolute atomic E-state index is 0.0970. The van der Waals surface area contributed by atoms with Crippen LogP contribution in [0.15, 0.2) is 24.4 Å². The first kappa shape index (κ1) is 14.7. The summed E-state index contributed by atoms with van der Waals surface area (Å²) in [7, 11) is 0. The molecule has 1 aromatic carbocycles. The van der Waals surface area contributed by atoms with Gasteiger partial charge in [-0.25, -0.2) is 4.79 Å². The van der Waals surface area contributed by atoms with Gasteiger partial charge >= 0.3 is 6.09 Å². The Bertz CT molecular complexity index is 680. The molecule has 0 atom stereocenters.